The van der Waals surface area contributed by atoms with Crippen LogP contribution in [0.3, 0.4) is 0 Å². The molecule has 0 aromatic heterocycles. The van der Waals surface area contributed by atoms with Crippen LogP contribution in [0, 0.1) is 0 Å². The Morgan fingerprint density at radius 3 is 1.88 bits per heavy atom. The lowest BCUT2D eigenvalue weighted by molar-refractivity contribution is -0.139. The highest BCUT2D eigenvalue weighted by molar-refractivity contribution is 5.86. The molecule has 0 N–H and O–H groups in total. The van der Waals surface area contributed by atoms with E-state index >= 15 is 0 Å². The van der Waals surface area contributed by atoms with Crippen LogP contribution in [0.4, 0.5) is 0 Å². The number of unbranched alkanes of at least 4 members (excludes halogenated alkanes) is 1. The van der Waals surface area contributed by atoms with E-state index in [0.29, 0.717) is 12.2 Å². The molecule has 4 nitrogen and oxygen atoms in total. The van der Waals surface area contributed by atoms with Crippen molar-refractivity contribution in [2.24, 2.45) is 0 Å². The molecule has 0 aliphatic rings. The molecule has 0 unspecified atom stereocenters. The van der Waals surface area contributed by atoms with Crippen LogP contribution >= 0.6 is 0 Å². The molecule has 1 rings (SSSR count). The van der Waals surface area contributed by atoms with Gasteiger partial charge in [-0.05, 0) is 18.9 Å². The molecule has 1 aromatic carbocycles. The van der Waals surface area contributed by atoms with Crippen LogP contribution in [0.25, 0.3) is 6.08 Å². The molecule has 0 spiro atoms. The lowest BCUT2D eigenvalue weighted by Gasteiger charge is -2.01. The molecule has 0 bridgehead atoms. The van der Waals surface area contributed by atoms with Crippen LogP contribution < -0.4 is 0 Å². The zero-order valence-electron chi connectivity index (χ0n) is 16.3. The number of hydrogen-bond donors (Lipinski definition) is 0. The highest BCUT2D eigenvalue weighted by Crippen LogP contribution is 1.97. The van der Waals surface area contributed by atoms with E-state index < -0.39 is 0 Å². The number of carbonyl (C=O) groups is 2. The Morgan fingerprint density at radius 1 is 1.08 bits per heavy atom. The summed E-state index contributed by atoms with van der Waals surface area (Å²) in [6, 6.07) is 10.0. The molecule has 0 radical (unpaired) electrons. The summed E-state index contributed by atoms with van der Waals surface area (Å²) in [7, 11) is 0. The van der Waals surface area contributed by atoms with E-state index in [0.717, 1.165) is 19.1 Å². The maximum absolute atomic E-state index is 10.7. The van der Waals surface area contributed by atoms with E-state index in [4.69, 9.17) is 4.74 Å². The molecule has 26 heavy (non-hydrogen) atoms. The van der Waals surface area contributed by atoms with Crippen molar-refractivity contribution in [2.45, 2.75) is 33.6 Å². The van der Waals surface area contributed by atoms with Crippen LogP contribution in [0.2, 0.25) is 0 Å². The first-order chi connectivity index (χ1) is 12.4. The van der Waals surface area contributed by atoms with Crippen LogP contribution in [0.5, 0.6) is 0 Å². The monoisotopic (exact) mass is 360 g/mol. The van der Waals surface area contributed by atoms with Gasteiger partial charge in [0.2, 0.25) is 0 Å². The summed E-state index contributed by atoms with van der Waals surface area (Å²) < 4.78 is 8.97. The van der Waals surface area contributed by atoms with Crippen LogP contribution in [0.1, 0.15) is 39.2 Å². The fourth-order valence-corrected chi connectivity index (χ4v) is 1.14. The second kappa shape index (κ2) is 22.1. The highest BCUT2D eigenvalue weighted by atomic mass is 16.5. The van der Waals surface area contributed by atoms with Crippen molar-refractivity contribution in [1.29, 1.82) is 0 Å². The van der Waals surface area contributed by atoms with Gasteiger partial charge in [0.25, 0.3) is 0 Å². The van der Waals surface area contributed by atoms with Crippen molar-refractivity contribution in [1.82, 2.24) is 0 Å². The Bertz CT molecular complexity index is 518. The van der Waals surface area contributed by atoms with Crippen molar-refractivity contribution >= 4 is 18.0 Å². The van der Waals surface area contributed by atoms with Crippen LogP contribution in [0.15, 0.2) is 75.1 Å². The molecule has 0 heterocycles. The number of ether oxygens (including phenoxy) is 2. The Balaban J connectivity index is -0.000000299. The Morgan fingerprint density at radius 2 is 1.62 bits per heavy atom. The van der Waals surface area contributed by atoms with E-state index in [1.165, 1.54) is 12.5 Å². The maximum Gasteiger partial charge on any atom is 0.333 e. The van der Waals surface area contributed by atoms with Gasteiger partial charge in [0.15, 0.2) is 0 Å². The van der Waals surface area contributed by atoms with Gasteiger partial charge in [-0.25, -0.2) is 4.79 Å². The molecular formula is C22H32O4. The molecule has 0 amide bonds. The standard InChI is InChI=1S/C8H14O2.C8H8.C4H6O2.C2H4/c1-4-5-6-10-8(9)7(2)3;1-2-8-6-4-3-5-7-8;1-3-6-4(2)5;1-2/h2,4-6H2,1,3H3;2-7H,1H2;3H,1H2,2H3;1-2H2. The third-order valence-corrected chi connectivity index (χ3v) is 2.36. The van der Waals surface area contributed by atoms with Crippen molar-refractivity contribution in [3.8, 4) is 0 Å². The topological polar surface area (TPSA) is 52.6 Å². The van der Waals surface area contributed by atoms with Crippen molar-refractivity contribution in [3.05, 3.63) is 80.6 Å². The molecule has 0 fully saturated rings. The number of benzene rings is 1. The first-order valence-electron chi connectivity index (χ1n) is 8.17. The van der Waals surface area contributed by atoms with E-state index in [2.05, 4.69) is 44.6 Å². The van der Waals surface area contributed by atoms with Gasteiger partial charge in [0, 0.05) is 12.5 Å². The summed E-state index contributed by atoms with van der Waals surface area (Å²) in [5.41, 5.74) is 1.64. The molecule has 0 aliphatic carbocycles. The summed E-state index contributed by atoms with van der Waals surface area (Å²) in [6.07, 6.45) is 4.91. The van der Waals surface area contributed by atoms with Gasteiger partial charge < -0.3 is 9.47 Å². The molecule has 0 saturated heterocycles. The van der Waals surface area contributed by atoms with Gasteiger partial charge in [-0.15, -0.1) is 13.2 Å². The van der Waals surface area contributed by atoms with Crippen molar-refractivity contribution in [3.63, 3.8) is 0 Å². The molecular weight excluding hydrogens is 328 g/mol. The Labute approximate surface area is 158 Å². The van der Waals surface area contributed by atoms with Crippen molar-refractivity contribution < 1.29 is 19.1 Å². The summed E-state index contributed by atoms with van der Waals surface area (Å²) in [6.45, 7) is 21.8. The lowest BCUT2D eigenvalue weighted by atomic mass is 10.2. The summed E-state index contributed by atoms with van der Waals surface area (Å²) in [4.78, 5) is 20.4. The lowest BCUT2D eigenvalue weighted by Crippen LogP contribution is -2.05. The van der Waals surface area contributed by atoms with E-state index in [1.54, 1.807) is 6.92 Å². The zero-order chi connectivity index (χ0) is 20.8. The second-order valence-electron chi connectivity index (χ2n) is 4.66. The predicted octanol–water partition coefficient (Wildman–Crippen LogP) is 5.73. The highest BCUT2D eigenvalue weighted by Gasteiger charge is 2.00. The first kappa shape index (κ1) is 27.9. The van der Waals surface area contributed by atoms with Crippen LogP contribution in [-0.2, 0) is 19.1 Å². The number of carbonyl (C=O) groups excluding carboxylic acids is 2. The predicted molar refractivity (Wildman–Crippen MR) is 110 cm³/mol. The smallest absolute Gasteiger partial charge is 0.333 e. The molecule has 0 saturated carbocycles. The van der Waals surface area contributed by atoms with E-state index in [9.17, 15) is 9.59 Å². The van der Waals surface area contributed by atoms with Crippen LogP contribution in [-0.4, -0.2) is 18.5 Å². The average molecular weight is 360 g/mol. The molecule has 1 aromatic rings. The van der Waals surface area contributed by atoms with Gasteiger partial charge in [-0.1, -0.05) is 69.5 Å². The SMILES string of the molecule is C=C.C=C(C)C(=O)OCCCC.C=COC(C)=O.C=Cc1ccccc1. The largest absolute Gasteiger partial charge is 0.462 e. The van der Waals surface area contributed by atoms with Crippen molar-refractivity contribution in [2.75, 3.05) is 6.61 Å². The Hall–Kier alpha value is -2.88. The first-order valence-corrected chi connectivity index (χ1v) is 8.17. The average Bonchev–Trinajstić information content (AvgIpc) is 2.65. The second-order valence-corrected chi connectivity index (χ2v) is 4.66. The normalized spacial score (nSPS) is 7.81. The van der Waals surface area contributed by atoms with E-state index in [1.807, 2.05) is 36.4 Å². The third-order valence-electron chi connectivity index (χ3n) is 2.36. The van der Waals surface area contributed by atoms with Gasteiger partial charge >= 0.3 is 11.9 Å². The fraction of sp³-hybridized carbons (Fsp3) is 0.273. The fourth-order valence-electron chi connectivity index (χ4n) is 1.14. The van der Waals surface area contributed by atoms with Gasteiger partial charge in [0.05, 0.1) is 12.9 Å². The summed E-state index contributed by atoms with van der Waals surface area (Å²) >= 11 is 0. The number of hydrogen-bond acceptors (Lipinski definition) is 4. The maximum atomic E-state index is 10.7. The van der Waals surface area contributed by atoms with E-state index in [-0.39, 0.29) is 11.9 Å². The van der Waals surface area contributed by atoms with Gasteiger partial charge in [-0.2, -0.15) is 0 Å². The zero-order valence-corrected chi connectivity index (χ0v) is 16.3. The summed E-state index contributed by atoms with van der Waals surface area (Å²) in [5.74, 6) is -0.613. The summed E-state index contributed by atoms with van der Waals surface area (Å²) in [5, 5.41) is 0. The van der Waals surface area contributed by atoms with Gasteiger partial charge in [-0.3, -0.25) is 4.79 Å². The molecule has 144 valence electrons. The number of rotatable bonds is 6. The molecule has 0 atom stereocenters. The third kappa shape index (κ3) is 23.4. The minimum absolute atomic E-state index is 0.284. The van der Waals surface area contributed by atoms with Gasteiger partial charge in [0.1, 0.15) is 0 Å². The Kier molecular flexibility index (Phi) is 23.8. The molecule has 4 heteroatoms. The number of esters is 2. The quantitative estimate of drug-likeness (QED) is 0.214. The minimum atomic E-state index is -0.329. The minimum Gasteiger partial charge on any atom is -0.462 e. The molecule has 0 aliphatic heterocycles.